The van der Waals surface area contributed by atoms with Gasteiger partial charge in [-0.15, -0.1) is 5.54 Å². The summed E-state index contributed by atoms with van der Waals surface area (Å²) in [6.07, 6.45) is -0.523. The van der Waals surface area contributed by atoms with Gasteiger partial charge in [-0.2, -0.15) is 0 Å². The number of benzene rings is 1. The lowest BCUT2D eigenvalue weighted by Gasteiger charge is -2.19. The molecule has 1 aromatic carbocycles. The van der Waals surface area contributed by atoms with Crippen molar-refractivity contribution in [3.05, 3.63) is 35.4 Å². The van der Waals surface area contributed by atoms with E-state index < -0.39 is 19.8 Å². The highest BCUT2D eigenvalue weighted by Crippen LogP contribution is 2.07. The van der Waals surface area contributed by atoms with Gasteiger partial charge in [0.15, 0.2) is 0 Å². The van der Waals surface area contributed by atoms with Crippen LogP contribution in [0.5, 0.6) is 0 Å². The zero-order chi connectivity index (χ0) is 18.4. The molecule has 0 aliphatic heterocycles. The first-order valence-corrected chi connectivity index (χ1v) is 11.3. The Kier molecular flexibility index (Phi) is 6.61. The van der Waals surface area contributed by atoms with Crippen LogP contribution in [0.25, 0.3) is 0 Å². The molecule has 0 aromatic heterocycles. The van der Waals surface area contributed by atoms with Crippen molar-refractivity contribution in [1.82, 2.24) is 10.9 Å². The first-order chi connectivity index (χ1) is 10.9. The van der Waals surface area contributed by atoms with Crippen molar-refractivity contribution in [2.75, 3.05) is 0 Å². The third-order valence-electron chi connectivity index (χ3n) is 2.60. The van der Waals surface area contributed by atoms with Crippen LogP contribution >= 0.6 is 0 Å². The molecule has 0 spiro atoms. The number of carbonyl (C=O) groups is 2. The molecule has 0 aliphatic carbocycles. The van der Waals surface area contributed by atoms with Crippen LogP contribution in [0.15, 0.2) is 24.3 Å². The van der Waals surface area contributed by atoms with E-state index in [2.05, 4.69) is 42.0 Å². The lowest BCUT2D eigenvalue weighted by molar-refractivity contribution is -0.121. The van der Waals surface area contributed by atoms with Crippen LogP contribution in [0, 0.1) is 11.5 Å². The van der Waals surface area contributed by atoms with Gasteiger partial charge in [-0.25, -0.2) is 10.2 Å². The minimum atomic E-state index is -1.40. The van der Waals surface area contributed by atoms with Crippen molar-refractivity contribution in [1.29, 1.82) is 0 Å². The molecule has 2 amide bonds. The van der Waals surface area contributed by atoms with Gasteiger partial charge in [-0.3, -0.25) is 10.2 Å². The Morgan fingerprint density at radius 3 is 2.17 bits per heavy atom. The summed E-state index contributed by atoms with van der Waals surface area (Å²) in [7, 11) is -1.40. The van der Waals surface area contributed by atoms with Crippen molar-refractivity contribution in [3.63, 3.8) is 0 Å². The molecule has 0 saturated heterocycles. The first-order valence-electron chi connectivity index (χ1n) is 7.84. The van der Waals surface area contributed by atoms with Crippen LogP contribution in [-0.4, -0.2) is 25.7 Å². The Morgan fingerprint density at radius 1 is 1.08 bits per heavy atom. The van der Waals surface area contributed by atoms with E-state index in [4.69, 9.17) is 4.74 Å². The molecule has 2 N–H and O–H groups in total. The predicted octanol–water partition coefficient (Wildman–Crippen LogP) is 3.01. The van der Waals surface area contributed by atoms with Crippen molar-refractivity contribution in [3.8, 4) is 11.5 Å². The minimum Gasteiger partial charge on any atom is -0.443 e. The van der Waals surface area contributed by atoms with Crippen molar-refractivity contribution >= 4 is 20.1 Å². The molecule has 130 valence electrons. The fourth-order valence-electron chi connectivity index (χ4n) is 1.62. The second kappa shape index (κ2) is 8.02. The summed E-state index contributed by atoms with van der Waals surface area (Å²) < 4.78 is 5.03. The Labute approximate surface area is 145 Å². The van der Waals surface area contributed by atoms with Gasteiger partial charge in [-0.1, -0.05) is 37.7 Å². The van der Waals surface area contributed by atoms with Gasteiger partial charge in [0, 0.05) is 5.56 Å². The molecule has 0 bridgehead atoms. The fourth-order valence-corrected chi connectivity index (χ4v) is 2.14. The Morgan fingerprint density at radius 2 is 1.67 bits per heavy atom. The average molecular weight is 347 g/mol. The van der Waals surface area contributed by atoms with Crippen LogP contribution in [0.2, 0.25) is 19.6 Å². The van der Waals surface area contributed by atoms with Crippen molar-refractivity contribution in [2.24, 2.45) is 0 Å². The Hall–Kier alpha value is -2.26. The molecule has 24 heavy (non-hydrogen) atoms. The van der Waals surface area contributed by atoms with Gasteiger partial charge in [0.05, 0.1) is 6.42 Å². The number of nitrogens with one attached hydrogen (secondary N) is 2. The van der Waals surface area contributed by atoms with E-state index in [9.17, 15) is 9.59 Å². The predicted molar refractivity (Wildman–Crippen MR) is 97.9 cm³/mol. The van der Waals surface area contributed by atoms with E-state index in [-0.39, 0.29) is 12.3 Å². The topological polar surface area (TPSA) is 67.4 Å². The number of ether oxygens (including phenoxy) is 1. The van der Waals surface area contributed by atoms with E-state index in [0.717, 1.165) is 11.1 Å². The van der Waals surface area contributed by atoms with Crippen LogP contribution in [0.4, 0.5) is 4.79 Å². The molecule has 0 atom stereocenters. The largest absolute Gasteiger partial charge is 0.443 e. The Bertz CT molecular complexity index is 644. The summed E-state index contributed by atoms with van der Waals surface area (Å²) in [5.41, 5.74) is 9.03. The lowest BCUT2D eigenvalue weighted by atomic mass is 10.1. The summed E-state index contributed by atoms with van der Waals surface area (Å²) in [5.74, 6) is 2.85. The monoisotopic (exact) mass is 346 g/mol. The third-order valence-corrected chi connectivity index (χ3v) is 3.48. The van der Waals surface area contributed by atoms with Gasteiger partial charge in [0.25, 0.3) is 0 Å². The summed E-state index contributed by atoms with van der Waals surface area (Å²) in [5, 5.41) is 0. The molecular formula is C18H26N2O3Si. The normalized spacial score (nSPS) is 11.1. The standard InChI is InChI=1S/C18H26N2O3Si/c1-18(2,3)23-17(22)20-19-16(21)13-15-9-7-14(8-10-15)11-12-24(4,5)6/h7-10H,13H2,1-6H3,(H,19,21)(H,20,22). The summed E-state index contributed by atoms with van der Waals surface area (Å²) in [6.45, 7) is 11.8. The number of carbonyl (C=O) groups excluding carboxylic acids is 2. The molecule has 1 rings (SSSR count). The summed E-state index contributed by atoms with van der Waals surface area (Å²) >= 11 is 0. The average Bonchev–Trinajstić information content (AvgIpc) is 2.42. The van der Waals surface area contributed by atoms with Crippen LogP contribution < -0.4 is 10.9 Å². The highest BCUT2D eigenvalue weighted by Gasteiger charge is 2.16. The van der Waals surface area contributed by atoms with Gasteiger partial charge in [0.1, 0.15) is 13.7 Å². The summed E-state index contributed by atoms with van der Waals surface area (Å²) in [4.78, 5) is 23.3. The van der Waals surface area contributed by atoms with Crippen molar-refractivity contribution in [2.45, 2.75) is 52.4 Å². The smallest absolute Gasteiger partial charge is 0.426 e. The molecule has 0 heterocycles. The fraction of sp³-hybridized carbons (Fsp3) is 0.444. The van der Waals surface area contributed by atoms with Gasteiger partial charge < -0.3 is 4.74 Å². The minimum absolute atomic E-state index is 0.164. The van der Waals surface area contributed by atoms with Crippen LogP contribution in [0.1, 0.15) is 31.9 Å². The van der Waals surface area contributed by atoms with Crippen LogP contribution in [-0.2, 0) is 16.0 Å². The van der Waals surface area contributed by atoms with E-state index in [1.54, 1.807) is 20.8 Å². The second-order valence-corrected chi connectivity index (χ2v) is 12.3. The molecule has 0 aliphatic rings. The number of hydrogen-bond donors (Lipinski definition) is 2. The number of hydrazine groups is 1. The molecule has 1 aromatic rings. The quantitative estimate of drug-likeness (QED) is 0.491. The molecule has 0 saturated carbocycles. The zero-order valence-corrected chi connectivity index (χ0v) is 16.2. The maximum Gasteiger partial charge on any atom is 0.426 e. The molecular weight excluding hydrogens is 320 g/mol. The Balaban J connectivity index is 2.50. The van der Waals surface area contributed by atoms with Crippen molar-refractivity contribution < 1.29 is 14.3 Å². The molecule has 5 nitrogen and oxygen atoms in total. The van der Waals surface area contributed by atoms with Gasteiger partial charge >= 0.3 is 6.09 Å². The highest BCUT2D eigenvalue weighted by atomic mass is 28.3. The lowest BCUT2D eigenvalue weighted by Crippen LogP contribution is -2.44. The molecule has 0 unspecified atom stereocenters. The van der Waals surface area contributed by atoms with E-state index in [1.165, 1.54) is 0 Å². The third kappa shape index (κ3) is 9.01. The first kappa shape index (κ1) is 19.8. The van der Waals surface area contributed by atoms with Crippen LogP contribution in [0.3, 0.4) is 0 Å². The summed E-state index contributed by atoms with van der Waals surface area (Å²) in [6, 6.07) is 7.52. The maximum atomic E-state index is 11.8. The van der Waals surface area contributed by atoms with Gasteiger partial charge in [-0.05, 0) is 38.5 Å². The molecule has 0 radical (unpaired) electrons. The highest BCUT2D eigenvalue weighted by molar-refractivity contribution is 6.83. The SMILES string of the molecule is CC(C)(C)OC(=O)NNC(=O)Cc1ccc(C#C[Si](C)(C)C)cc1. The zero-order valence-electron chi connectivity index (χ0n) is 15.2. The van der Waals surface area contributed by atoms with E-state index in [1.807, 2.05) is 24.3 Å². The molecule has 6 heteroatoms. The maximum absolute atomic E-state index is 11.8. The molecule has 0 fully saturated rings. The van der Waals surface area contributed by atoms with E-state index >= 15 is 0 Å². The number of hydrogen-bond acceptors (Lipinski definition) is 3. The number of rotatable bonds is 2. The van der Waals surface area contributed by atoms with Gasteiger partial charge in [0.2, 0.25) is 5.91 Å². The second-order valence-electron chi connectivity index (χ2n) is 7.55. The van der Waals surface area contributed by atoms with E-state index in [0.29, 0.717) is 0 Å². The number of amides is 2.